The molecule has 1 unspecified atom stereocenters. The summed E-state index contributed by atoms with van der Waals surface area (Å²) < 4.78 is 5.00. The van der Waals surface area contributed by atoms with E-state index in [1.807, 2.05) is 0 Å². The smallest absolute Gasteiger partial charge is 0.107 e. The van der Waals surface area contributed by atoms with Crippen molar-refractivity contribution in [3.05, 3.63) is 0 Å². The summed E-state index contributed by atoms with van der Waals surface area (Å²) in [5.74, 6) is 0. The largest absolute Gasteiger partial charge is 0.367 e. The molecule has 0 aromatic heterocycles. The Morgan fingerprint density at radius 3 is 2.29 bits per heavy atom. The third-order valence-corrected chi connectivity index (χ3v) is 1.34. The van der Waals surface area contributed by atoms with Crippen molar-refractivity contribution in [1.29, 1.82) is 0 Å². The molecule has 1 fully saturated rings. The van der Waals surface area contributed by atoms with Crippen LogP contribution in [-0.4, -0.2) is 31.3 Å². The van der Waals surface area contributed by atoms with Crippen LogP contribution in [0.5, 0.6) is 0 Å². The van der Waals surface area contributed by atoms with Gasteiger partial charge in [-0.2, -0.15) is 0 Å². The van der Waals surface area contributed by atoms with E-state index in [0.717, 1.165) is 0 Å². The Labute approximate surface area is 44.1 Å². The second-order valence-electron chi connectivity index (χ2n) is 1.87. The highest BCUT2D eigenvalue weighted by atomic mass is 16.5. The molecule has 1 atom stereocenters. The lowest BCUT2D eigenvalue weighted by molar-refractivity contribution is 0.0438. The van der Waals surface area contributed by atoms with E-state index in [4.69, 9.17) is 4.74 Å². The molecular weight excluding hydrogens is 90.1 g/mol. The van der Waals surface area contributed by atoms with Crippen molar-refractivity contribution in [3.8, 4) is 0 Å². The highest BCUT2D eigenvalue weighted by Crippen LogP contribution is 2.08. The maximum Gasteiger partial charge on any atom is 0.107 e. The molecule has 1 saturated heterocycles. The number of hydrogen-bond acceptors (Lipinski definition) is 2. The van der Waals surface area contributed by atoms with E-state index in [1.165, 1.54) is 13.1 Å². The van der Waals surface area contributed by atoms with Crippen LogP contribution in [-0.2, 0) is 4.74 Å². The monoisotopic (exact) mass is 101 g/mol. The van der Waals surface area contributed by atoms with Gasteiger partial charge >= 0.3 is 0 Å². The van der Waals surface area contributed by atoms with Crippen LogP contribution in [0.2, 0.25) is 0 Å². The van der Waals surface area contributed by atoms with E-state index in [0.29, 0.717) is 6.23 Å². The normalized spacial score (nSPS) is 24.9. The van der Waals surface area contributed by atoms with Crippen molar-refractivity contribution in [2.24, 2.45) is 0 Å². The topological polar surface area (TPSA) is 12.2 Å². The molecule has 0 radical (unpaired) electrons. The van der Waals surface area contributed by atoms with Crippen LogP contribution >= 0.6 is 0 Å². The summed E-state index contributed by atoms with van der Waals surface area (Å²) in [4.78, 5) is 2.25. The molecule has 1 aliphatic heterocycles. The van der Waals surface area contributed by atoms with Crippen LogP contribution in [0.1, 0.15) is 6.92 Å². The van der Waals surface area contributed by atoms with E-state index in [2.05, 4.69) is 11.8 Å². The standard InChI is InChI=1S/C5H11NO/c1-5(7-2)6-3-4-6/h5H,3-4H2,1-2H3. The van der Waals surface area contributed by atoms with E-state index in [9.17, 15) is 0 Å². The highest BCUT2D eigenvalue weighted by Gasteiger charge is 2.22. The molecule has 2 nitrogen and oxygen atoms in total. The first kappa shape index (κ1) is 5.06. The third kappa shape index (κ3) is 1.14. The minimum absolute atomic E-state index is 0.347. The zero-order valence-corrected chi connectivity index (χ0v) is 4.85. The predicted molar refractivity (Wildman–Crippen MR) is 28.0 cm³/mol. The summed E-state index contributed by atoms with van der Waals surface area (Å²) in [5, 5.41) is 0. The Morgan fingerprint density at radius 1 is 1.57 bits per heavy atom. The van der Waals surface area contributed by atoms with Gasteiger partial charge in [-0.25, -0.2) is 0 Å². The number of rotatable bonds is 2. The van der Waals surface area contributed by atoms with Crippen molar-refractivity contribution < 1.29 is 4.74 Å². The molecular formula is C5H11NO. The number of ether oxygens (including phenoxy) is 1. The Balaban J connectivity index is 2.10. The first-order valence-corrected chi connectivity index (χ1v) is 2.61. The van der Waals surface area contributed by atoms with Gasteiger partial charge in [0.2, 0.25) is 0 Å². The van der Waals surface area contributed by atoms with Crippen molar-refractivity contribution in [2.45, 2.75) is 13.2 Å². The highest BCUT2D eigenvalue weighted by molar-refractivity contribution is 4.72. The van der Waals surface area contributed by atoms with E-state index in [1.54, 1.807) is 7.11 Å². The van der Waals surface area contributed by atoms with Gasteiger partial charge in [-0.15, -0.1) is 0 Å². The first-order chi connectivity index (χ1) is 3.34. The fourth-order valence-corrected chi connectivity index (χ4v) is 0.570. The SMILES string of the molecule is COC(C)N1CC1. The molecule has 0 amide bonds. The Morgan fingerprint density at radius 2 is 2.14 bits per heavy atom. The average Bonchev–Trinajstić information content (AvgIpc) is 2.44. The van der Waals surface area contributed by atoms with E-state index >= 15 is 0 Å². The quantitative estimate of drug-likeness (QED) is 0.463. The third-order valence-electron chi connectivity index (χ3n) is 1.34. The second kappa shape index (κ2) is 1.80. The van der Waals surface area contributed by atoms with Crippen LogP contribution < -0.4 is 0 Å². The lowest BCUT2D eigenvalue weighted by atomic mass is 10.7. The lowest BCUT2D eigenvalue weighted by Gasteiger charge is -2.07. The molecule has 0 saturated carbocycles. The summed E-state index contributed by atoms with van der Waals surface area (Å²) >= 11 is 0. The molecule has 0 spiro atoms. The minimum atomic E-state index is 0.347. The molecule has 0 N–H and O–H groups in total. The van der Waals surface area contributed by atoms with Gasteiger partial charge in [-0.1, -0.05) is 0 Å². The summed E-state index contributed by atoms with van der Waals surface area (Å²) in [6, 6.07) is 0. The fourth-order valence-electron chi connectivity index (χ4n) is 0.570. The van der Waals surface area contributed by atoms with Crippen molar-refractivity contribution >= 4 is 0 Å². The maximum absolute atomic E-state index is 5.00. The fraction of sp³-hybridized carbons (Fsp3) is 1.00. The first-order valence-electron chi connectivity index (χ1n) is 2.61. The minimum Gasteiger partial charge on any atom is -0.367 e. The maximum atomic E-state index is 5.00. The number of hydrogen-bond donors (Lipinski definition) is 0. The lowest BCUT2D eigenvalue weighted by Crippen LogP contribution is -2.15. The number of nitrogens with zero attached hydrogens (tertiary/aromatic N) is 1. The van der Waals surface area contributed by atoms with Crippen LogP contribution in [0.4, 0.5) is 0 Å². The van der Waals surface area contributed by atoms with Gasteiger partial charge in [0, 0.05) is 20.2 Å². The Kier molecular flexibility index (Phi) is 1.30. The van der Waals surface area contributed by atoms with Crippen molar-refractivity contribution in [3.63, 3.8) is 0 Å². The molecule has 1 rings (SSSR count). The molecule has 0 aliphatic carbocycles. The van der Waals surface area contributed by atoms with E-state index in [-0.39, 0.29) is 0 Å². The molecule has 1 heterocycles. The van der Waals surface area contributed by atoms with E-state index < -0.39 is 0 Å². The van der Waals surface area contributed by atoms with Crippen molar-refractivity contribution in [1.82, 2.24) is 4.90 Å². The predicted octanol–water partition coefficient (Wildman–Crippen LogP) is 0.294. The van der Waals surface area contributed by atoms with Gasteiger partial charge in [0.05, 0.1) is 0 Å². The van der Waals surface area contributed by atoms with Gasteiger partial charge < -0.3 is 4.74 Å². The van der Waals surface area contributed by atoms with Gasteiger partial charge in [0.15, 0.2) is 0 Å². The van der Waals surface area contributed by atoms with Crippen LogP contribution in [0.3, 0.4) is 0 Å². The van der Waals surface area contributed by atoms with Crippen LogP contribution in [0, 0.1) is 0 Å². The van der Waals surface area contributed by atoms with Gasteiger partial charge in [-0.3, -0.25) is 4.90 Å². The summed E-state index contributed by atoms with van der Waals surface area (Å²) in [5.41, 5.74) is 0. The molecule has 42 valence electrons. The van der Waals surface area contributed by atoms with Gasteiger partial charge in [-0.05, 0) is 6.92 Å². The zero-order valence-electron chi connectivity index (χ0n) is 4.85. The summed E-state index contributed by atoms with van der Waals surface area (Å²) in [6.07, 6.45) is 0.347. The molecule has 0 aromatic carbocycles. The van der Waals surface area contributed by atoms with Crippen LogP contribution in [0.25, 0.3) is 0 Å². The summed E-state index contributed by atoms with van der Waals surface area (Å²) in [6.45, 7) is 4.50. The molecule has 7 heavy (non-hydrogen) atoms. The zero-order chi connectivity index (χ0) is 5.28. The molecule has 1 aliphatic rings. The van der Waals surface area contributed by atoms with Gasteiger partial charge in [0.25, 0.3) is 0 Å². The molecule has 2 heteroatoms. The van der Waals surface area contributed by atoms with Gasteiger partial charge in [0.1, 0.15) is 6.23 Å². The number of methoxy groups -OCH3 is 1. The second-order valence-corrected chi connectivity index (χ2v) is 1.87. The average molecular weight is 101 g/mol. The van der Waals surface area contributed by atoms with Crippen LogP contribution in [0.15, 0.2) is 0 Å². The van der Waals surface area contributed by atoms with Crippen molar-refractivity contribution in [2.75, 3.05) is 20.2 Å². The molecule has 0 bridgehead atoms. The Hall–Kier alpha value is -0.0800. The molecule has 0 aromatic rings. The summed E-state index contributed by atoms with van der Waals surface area (Å²) in [7, 11) is 1.74. The Bertz CT molecular complexity index is 61.1.